The van der Waals surface area contributed by atoms with Gasteiger partial charge in [-0.25, -0.2) is 4.79 Å². The van der Waals surface area contributed by atoms with Crippen LogP contribution in [0.25, 0.3) is 0 Å². The molecule has 4 nitrogen and oxygen atoms in total. The Hall–Kier alpha value is -2.20. The molecule has 0 radical (unpaired) electrons. The first kappa shape index (κ1) is 15.2. The number of rotatable bonds is 5. The first-order valence-electron chi connectivity index (χ1n) is 6.58. The summed E-state index contributed by atoms with van der Waals surface area (Å²) in [6.45, 7) is 2.49. The molecular formula is C16H16ClNO3. The number of carbonyl (C=O) groups is 1. The Balaban J connectivity index is 1.96. The summed E-state index contributed by atoms with van der Waals surface area (Å²) in [7, 11) is 0. The van der Waals surface area contributed by atoms with Crippen LogP contribution in [0.2, 0.25) is 5.02 Å². The van der Waals surface area contributed by atoms with Crippen LogP contribution in [0.5, 0.6) is 5.75 Å². The zero-order valence-electron chi connectivity index (χ0n) is 11.6. The lowest BCUT2D eigenvalue weighted by Crippen LogP contribution is -2.13. The predicted octanol–water partition coefficient (Wildman–Crippen LogP) is 4.49. The minimum absolute atomic E-state index is 0.330. The summed E-state index contributed by atoms with van der Waals surface area (Å²) in [6, 6.07) is 14.6. The zero-order valence-corrected chi connectivity index (χ0v) is 12.4. The van der Waals surface area contributed by atoms with E-state index in [-0.39, 0.29) is 0 Å². The highest BCUT2D eigenvalue weighted by atomic mass is 35.5. The molecule has 0 aromatic heterocycles. The molecule has 1 N–H and O–H groups in total. The number of hydrogen-bond acceptors (Lipinski definition) is 3. The number of halogens is 1. The van der Waals surface area contributed by atoms with Crippen molar-refractivity contribution in [3.8, 4) is 5.75 Å². The highest BCUT2D eigenvalue weighted by molar-refractivity contribution is 6.30. The van der Waals surface area contributed by atoms with Gasteiger partial charge in [0, 0.05) is 16.8 Å². The molecule has 0 aliphatic carbocycles. The molecule has 110 valence electrons. The van der Waals surface area contributed by atoms with Gasteiger partial charge in [0.15, 0.2) is 0 Å². The fourth-order valence-corrected chi connectivity index (χ4v) is 1.95. The Bertz CT molecular complexity index is 616. The zero-order chi connectivity index (χ0) is 15.1. The van der Waals surface area contributed by atoms with E-state index >= 15 is 0 Å². The summed E-state index contributed by atoms with van der Waals surface area (Å²) in [4.78, 5) is 11.4. The van der Waals surface area contributed by atoms with E-state index in [4.69, 9.17) is 21.1 Å². The maximum absolute atomic E-state index is 11.4. The van der Waals surface area contributed by atoms with Crippen LogP contribution in [0.1, 0.15) is 12.5 Å². The molecule has 21 heavy (non-hydrogen) atoms. The number of hydrogen-bond donors (Lipinski definition) is 1. The Morgan fingerprint density at radius 2 is 2.00 bits per heavy atom. The quantitative estimate of drug-likeness (QED) is 0.885. The van der Waals surface area contributed by atoms with Gasteiger partial charge in [-0.05, 0) is 36.8 Å². The predicted molar refractivity (Wildman–Crippen MR) is 82.9 cm³/mol. The lowest BCUT2D eigenvalue weighted by atomic mass is 10.2. The van der Waals surface area contributed by atoms with Crippen LogP contribution in [-0.2, 0) is 11.3 Å². The molecule has 1 amide bonds. The molecule has 0 unspecified atom stereocenters. The Morgan fingerprint density at radius 3 is 2.76 bits per heavy atom. The fourth-order valence-electron chi connectivity index (χ4n) is 1.74. The van der Waals surface area contributed by atoms with E-state index in [9.17, 15) is 4.79 Å². The first-order valence-corrected chi connectivity index (χ1v) is 6.96. The Labute approximate surface area is 128 Å². The second-order valence-corrected chi connectivity index (χ2v) is 4.73. The Kier molecular flexibility index (Phi) is 5.46. The highest BCUT2D eigenvalue weighted by Gasteiger charge is 2.03. The molecule has 0 fully saturated rings. The molecule has 0 bridgehead atoms. The number of amides is 1. The van der Waals surface area contributed by atoms with E-state index in [1.807, 2.05) is 30.3 Å². The van der Waals surface area contributed by atoms with Gasteiger partial charge in [0.25, 0.3) is 0 Å². The summed E-state index contributed by atoms with van der Waals surface area (Å²) in [5, 5.41) is 3.30. The van der Waals surface area contributed by atoms with Gasteiger partial charge in [0.05, 0.1) is 6.61 Å². The van der Waals surface area contributed by atoms with Gasteiger partial charge in [-0.1, -0.05) is 29.8 Å². The minimum Gasteiger partial charge on any atom is -0.489 e. The van der Waals surface area contributed by atoms with Crippen molar-refractivity contribution in [1.29, 1.82) is 0 Å². The molecule has 0 aliphatic heterocycles. The number of nitrogens with one attached hydrogen (secondary N) is 1. The molecule has 0 aliphatic rings. The summed E-state index contributed by atoms with van der Waals surface area (Å²) in [6.07, 6.45) is -0.482. The summed E-state index contributed by atoms with van der Waals surface area (Å²) < 4.78 is 10.5. The smallest absolute Gasteiger partial charge is 0.411 e. The molecular weight excluding hydrogens is 290 g/mol. The molecule has 0 spiro atoms. The molecule has 5 heteroatoms. The van der Waals surface area contributed by atoms with E-state index in [0.29, 0.717) is 29.7 Å². The van der Waals surface area contributed by atoms with E-state index < -0.39 is 6.09 Å². The largest absolute Gasteiger partial charge is 0.489 e. The van der Waals surface area contributed by atoms with Crippen molar-refractivity contribution in [3.63, 3.8) is 0 Å². The third-order valence-electron chi connectivity index (χ3n) is 2.65. The standard InChI is InChI=1S/C16H16ClNO3/c1-2-20-16(19)18-14-7-4-8-15(10-14)21-11-12-5-3-6-13(17)9-12/h3-10H,2,11H2,1H3,(H,18,19). The van der Waals surface area contributed by atoms with Crippen LogP contribution in [0, 0.1) is 0 Å². The van der Waals surface area contributed by atoms with Crippen molar-refractivity contribution < 1.29 is 14.3 Å². The van der Waals surface area contributed by atoms with Gasteiger partial charge in [0.2, 0.25) is 0 Å². The number of benzene rings is 2. The van der Waals surface area contributed by atoms with Crippen LogP contribution < -0.4 is 10.1 Å². The molecule has 2 rings (SSSR count). The van der Waals surface area contributed by atoms with Crippen molar-refractivity contribution in [3.05, 3.63) is 59.1 Å². The summed E-state index contributed by atoms with van der Waals surface area (Å²) >= 11 is 5.92. The van der Waals surface area contributed by atoms with Crippen molar-refractivity contribution in [2.45, 2.75) is 13.5 Å². The van der Waals surface area contributed by atoms with Crippen LogP contribution in [-0.4, -0.2) is 12.7 Å². The van der Waals surface area contributed by atoms with Crippen molar-refractivity contribution in [1.82, 2.24) is 0 Å². The van der Waals surface area contributed by atoms with E-state index in [2.05, 4.69) is 5.32 Å². The SMILES string of the molecule is CCOC(=O)Nc1cccc(OCc2cccc(Cl)c2)c1. The minimum atomic E-state index is -0.482. The monoisotopic (exact) mass is 305 g/mol. The van der Waals surface area contributed by atoms with Gasteiger partial charge in [-0.3, -0.25) is 5.32 Å². The molecule has 2 aromatic carbocycles. The second kappa shape index (κ2) is 7.55. The van der Waals surface area contributed by atoms with Crippen molar-refractivity contribution in [2.75, 3.05) is 11.9 Å². The molecule has 2 aromatic rings. The number of ether oxygens (including phenoxy) is 2. The van der Waals surface area contributed by atoms with Gasteiger partial charge in [0.1, 0.15) is 12.4 Å². The number of carbonyl (C=O) groups excluding carboxylic acids is 1. The van der Waals surface area contributed by atoms with Gasteiger partial charge in [-0.15, -0.1) is 0 Å². The normalized spacial score (nSPS) is 10.0. The van der Waals surface area contributed by atoms with Crippen LogP contribution in [0.15, 0.2) is 48.5 Å². The second-order valence-electron chi connectivity index (χ2n) is 4.29. The van der Waals surface area contributed by atoms with Gasteiger partial charge >= 0.3 is 6.09 Å². The highest BCUT2D eigenvalue weighted by Crippen LogP contribution is 2.19. The molecule has 0 saturated heterocycles. The maximum atomic E-state index is 11.4. The fraction of sp³-hybridized carbons (Fsp3) is 0.188. The van der Waals surface area contributed by atoms with Crippen LogP contribution in [0.3, 0.4) is 0 Å². The average Bonchev–Trinajstić information content (AvgIpc) is 2.46. The summed E-state index contributed by atoms with van der Waals surface area (Å²) in [5.74, 6) is 0.657. The van der Waals surface area contributed by atoms with Crippen LogP contribution in [0.4, 0.5) is 10.5 Å². The van der Waals surface area contributed by atoms with E-state index in [1.165, 1.54) is 0 Å². The lowest BCUT2D eigenvalue weighted by molar-refractivity contribution is 0.168. The maximum Gasteiger partial charge on any atom is 0.411 e. The van der Waals surface area contributed by atoms with Gasteiger partial charge in [-0.2, -0.15) is 0 Å². The molecule has 0 saturated carbocycles. The van der Waals surface area contributed by atoms with Crippen molar-refractivity contribution >= 4 is 23.4 Å². The molecule has 0 heterocycles. The topological polar surface area (TPSA) is 47.6 Å². The number of anilines is 1. The average molecular weight is 306 g/mol. The van der Waals surface area contributed by atoms with E-state index in [0.717, 1.165) is 5.56 Å². The van der Waals surface area contributed by atoms with Crippen molar-refractivity contribution in [2.24, 2.45) is 0 Å². The van der Waals surface area contributed by atoms with Crippen LogP contribution >= 0.6 is 11.6 Å². The third kappa shape index (κ3) is 5.00. The van der Waals surface area contributed by atoms with E-state index in [1.54, 1.807) is 25.1 Å². The first-order chi connectivity index (χ1) is 10.2. The summed E-state index contributed by atoms with van der Waals surface area (Å²) in [5.41, 5.74) is 1.60. The lowest BCUT2D eigenvalue weighted by Gasteiger charge is -2.09. The Morgan fingerprint density at radius 1 is 1.19 bits per heavy atom. The van der Waals surface area contributed by atoms with Gasteiger partial charge < -0.3 is 9.47 Å². The molecule has 0 atom stereocenters. The third-order valence-corrected chi connectivity index (χ3v) is 2.89.